The predicted octanol–water partition coefficient (Wildman–Crippen LogP) is 0.908. The first-order valence-corrected chi connectivity index (χ1v) is 6.46. The van der Waals surface area contributed by atoms with E-state index >= 15 is 0 Å². The van der Waals surface area contributed by atoms with Crippen LogP contribution in [0.2, 0.25) is 0 Å². The highest BCUT2D eigenvalue weighted by molar-refractivity contribution is 5.92. The van der Waals surface area contributed by atoms with E-state index in [1.54, 1.807) is 19.1 Å². The third-order valence-electron chi connectivity index (χ3n) is 2.63. The Balaban J connectivity index is 2.01. The van der Waals surface area contributed by atoms with Crippen LogP contribution in [0.25, 0.3) is 0 Å². The zero-order valence-corrected chi connectivity index (χ0v) is 11.4. The Labute approximate surface area is 116 Å². The smallest absolute Gasteiger partial charge is 0.270 e. The van der Waals surface area contributed by atoms with Gasteiger partial charge in [-0.25, -0.2) is 4.98 Å². The summed E-state index contributed by atoms with van der Waals surface area (Å²) in [5.74, 6) is 0.841. The average molecular weight is 275 g/mol. The molecule has 2 aromatic rings. The Bertz CT molecular complexity index is 555. The van der Waals surface area contributed by atoms with Crippen molar-refractivity contribution in [2.75, 3.05) is 11.9 Å². The van der Waals surface area contributed by atoms with Crippen LogP contribution >= 0.6 is 0 Å². The number of carbonyl (C=O) groups is 1. The zero-order chi connectivity index (χ0) is 14.4. The van der Waals surface area contributed by atoms with Crippen LogP contribution < -0.4 is 10.6 Å². The fourth-order valence-electron chi connectivity index (χ4n) is 1.60. The quantitative estimate of drug-likeness (QED) is 0.723. The van der Waals surface area contributed by atoms with E-state index in [0.717, 1.165) is 13.0 Å². The fraction of sp³-hybridized carbons (Fsp3) is 0.417. The normalized spacial score (nSPS) is 11.9. The topological polar surface area (TPSA) is 108 Å². The van der Waals surface area contributed by atoms with Gasteiger partial charge >= 0.3 is 0 Å². The maximum Gasteiger partial charge on any atom is 0.270 e. The number of nitrogens with zero attached hydrogens (tertiary/aromatic N) is 4. The molecule has 8 nitrogen and oxygen atoms in total. The summed E-state index contributed by atoms with van der Waals surface area (Å²) in [6.07, 6.45) is 0.993. The zero-order valence-electron chi connectivity index (χ0n) is 11.4. The minimum atomic E-state index is -0.338. The number of hydrogen-bond donors (Lipinski definition) is 3. The molecule has 0 aliphatic heterocycles. The molecule has 0 aliphatic rings. The van der Waals surface area contributed by atoms with Crippen molar-refractivity contribution in [2.24, 2.45) is 0 Å². The summed E-state index contributed by atoms with van der Waals surface area (Å²) >= 11 is 0. The van der Waals surface area contributed by atoms with E-state index in [4.69, 9.17) is 0 Å². The van der Waals surface area contributed by atoms with Crippen molar-refractivity contribution in [2.45, 2.75) is 26.3 Å². The highest BCUT2D eigenvalue weighted by atomic mass is 16.1. The van der Waals surface area contributed by atoms with Gasteiger partial charge in [-0.2, -0.15) is 5.21 Å². The molecule has 0 aliphatic carbocycles. The molecule has 1 unspecified atom stereocenters. The molecule has 0 saturated carbocycles. The number of aromatic nitrogens is 5. The van der Waals surface area contributed by atoms with Crippen LogP contribution in [0.4, 0.5) is 5.82 Å². The van der Waals surface area contributed by atoms with Crippen molar-refractivity contribution in [3.05, 3.63) is 29.7 Å². The lowest BCUT2D eigenvalue weighted by Gasteiger charge is -2.10. The molecule has 8 heteroatoms. The molecular weight excluding hydrogens is 258 g/mol. The van der Waals surface area contributed by atoms with Gasteiger partial charge in [0.2, 0.25) is 0 Å². The molecule has 1 atom stereocenters. The fourth-order valence-corrected chi connectivity index (χ4v) is 1.60. The number of tetrazole rings is 1. The summed E-state index contributed by atoms with van der Waals surface area (Å²) in [5.41, 5.74) is 0.349. The molecule has 20 heavy (non-hydrogen) atoms. The van der Waals surface area contributed by atoms with Crippen molar-refractivity contribution in [3.8, 4) is 0 Å². The van der Waals surface area contributed by atoms with Gasteiger partial charge in [-0.15, -0.1) is 10.2 Å². The molecular formula is C12H17N7O. The molecule has 0 spiro atoms. The van der Waals surface area contributed by atoms with Gasteiger partial charge in [-0.3, -0.25) is 4.79 Å². The standard InChI is InChI=1S/C12H17N7O/c1-3-7-13-10-6-4-5-9(15-10)12(20)14-8(2)11-16-18-19-17-11/h4-6,8H,3,7H2,1-2H3,(H,13,15)(H,14,20)(H,16,17,18,19). The van der Waals surface area contributed by atoms with Gasteiger partial charge in [-0.05, 0) is 25.5 Å². The number of anilines is 1. The predicted molar refractivity (Wildman–Crippen MR) is 73.1 cm³/mol. The van der Waals surface area contributed by atoms with Crippen LogP contribution in [0.5, 0.6) is 0 Å². The van der Waals surface area contributed by atoms with Gasteiger partial charge in [0.1, 0.15) is 11.5 Å². The van der Waals surface area contributed by atoms with Gasteiger partial charge in [-0.1, -0.05) is 18.2 Å². The van der Waals surface area contributed by atoms with E-state index in [1.165, 1.54) is 0 Å². The molecule has 0 bridgehead atoms. The number of nitrogens with one attached hydrogen (secondary N) is 3. The van der Waals surface area contributed by atoms with Crippen LogP contribution in [-0.2, 0) is 0 Å². The second kappa shape index (κ2) is 6.60. The maximum absolute atomic E-state index is 12.1. The van der Waals surface area contributed by atoms with Gasteiger partial charge in [0.25, 0.3) is 5.91 Å². The summed E-state index contributed by atoms with van der Waals surface area (Å²) in [6.45, 7) is 4.66. The maximum atomic E-state index is 12.1. The number of hydrogen-bond acceptors (Lipinski definition) is 6. The number of aromatic amines is 1. The molecule has 2 rings (SSSR count). The third-order valence-corrected chi connectivity index (χ3v) is 2.63. The monoisotopic (exact) mass is 275 g/mol. The molecule has 106 valence electrons. The summed E-state index contributed by atoms with van der Waals surface area (Å²) < 4.78 is 0. The van der Waals surface area contributed by atoms with E-state index in [0.29, 0.717) is 17.3 Å². The average Bonchev–Trinajstić information content (AvgIpc) is 2.99. The summed E-state index contributed by atoms with van der Waals surface area (Å²) in [4.78, 5) is 16.3. The number of pyridine rings is 1. The third kappa shape index (κ3) is 3.50. The number of amides is 1. The summed E-state index contributed by atoms with van der Waals surface area (Å²) in [7, 11) is 0. The van der Waals surface area contributed by atoms with E-state index in [1.807, 2.05) is 6.07 Å². The second-order valence-corrected chi connectivity index (χ2v) is 4.30. The molecule has 3 N–H and O–H groups in total. The summed E-state index contributed by atoms with van der Waals surface area (Å²) in [5, 5.41) is 19.4. The van der Waals surface area contributed by atoms with E-state index < -0.39 is 0 Å². The first-order chi connectivity index (χ1) is 9.70. The minimum absolute atomic E-state index is 0.276. The van der Waals surface area contributed by atoms with Crippen LogP contribution in [0.1, 0.15) is 42.6 Å². The Morgan fingerprint density at radius 1 is 1.45 bits per heavy atom. The van der Waals surface area contributed by atoms with Crippen molar-refractivity contribution < 1.29 is 4.79 Å². The Hall–Kier alpha value is -2.51. The van der Waals surface area contributed by atoms with Crippen molar-refractivity contribution in [3.63, 3.8) is 0 Å². The van der Waals surface area contributed by atoms with Gasteiger partial charge in [0.05, 0.1) is 6.04 Å². The molecule has 0 saturated heterocycles. The lowest BCUT2D eigenvalue weighted by molar-refractivity contribution is 0.0933. The minimum Gasteiger partial charge on any atom is -0.370 e. The SMILES string of the molecule is CCCNc1cccc(C(=O)NC(C)c2nn[nH]n2)n1. The lowest BCUT2D eigenvalue weighted by Crippen LogP contribution is -2.28. The van der Waals surface area contributed by atoms with Crippen LogP contribution in [-0.4, -0.2) is 38.1 Å². The van der Waals surface area contributed by atoms with Crippen LogP contribution in [0.15, 0.2) is 18.2 Å². The van der Waals surface area contributed by atoms with Crippen molar-refractivity contribution in [1.29, 1.82) is 0 Å². The highest BCUT2D eigenvalue weighted by Gasteiger charge is 2.15. The highest BCUT2D eigenvalue weighted by Crippen LogP contribution is 2.08. The Morgan fingerprint density at radius 2 is 2.30 bits per heavy atom. The van der Waals surface area contributed by atoms with E-state index in [2.05, 4.69) is 43.2 Å². The first-order valence-electron chi connectivity index (χ1n) is 6.46. The first kappa shape index (κ1) is 13.9. The Kier molecular flexibility index (Phi) is 4.59. The van der Waals surface area contributed by atoms with Gasteiger partial charge < -0.3 is 10.6 Å². The molecule has 2 aromatic heterocycles. The lowest BCUT2D eigenvalue weighted by atomic mass is 10.2. The number of H-pyrrole nitrogens is 1. The van der Waals surface area contributed by atoms with Crippen LogP contribution in [0.3, 0.4) is 0 Å². The van der Waals surface area contributed by atoms with Crippen molar-refractivity contribution in [1.82, 2.24) is 30.9 Å². The van der Waals surface area contributed by atoms with Gasteiger partial charge in [0, 0.05) is 6.54 Å². The van der Waals surface area contributed by atoms with Crippen LogP contribution in [0, 0.1) is 0 Å². The largest absolute Gasteiger partial charge is 0.370 e. The molecule has 0 fully saturated rings. The van der Waals surface area contributed by atoms with Gasteiger partial charge in [0.15, 0.2) is 5.82 Å². The van der Waals surface area contributed by atoms with Crippen molar-refractivity contribution >= 4 is 11.7 Å². The molecule has 0 radical (unpaired) electrons. The van der Waals surface area contributed by atoms with E-state index in [9.17, 15) is 4.79 Å². The Morgan fingerprint density at radius 3 is 3.00 bits per heavy atom. The number of carbonyl (C=O) groups excluding carboxylic acids is 1. The van der Waals surface area contributed by atoms with E-state index in [-0.39, 0.29) is 11.9 Å². The molecule has 1 amide bonds. The second-order valence-electron chi connectivity index (χ2n) is 4.30. The number of rotatable bonds is 6. The molecule has 2 heterocycles. The molecule has 0 aromatic carbocycles. The summed E-state index contributed by atoms with van der Waals surface area (Å²) in [6, 6.07) is 4.94.